The third-order valence-corrected chi connectivity index (χ3v) is 4.59. The first-order valence-electron chi connectivity index (χ1n) is 8.30. The number of hydrogen-bond donors (Lipinski definition) is 0. The minimum absolute atomic E-state index is 0.0102. The van der Waals surface area contributed by atoms with E-state index in [1.165, 1.54) is 11.6 Å². The lowest BCUT2D eigenvalue weighted by Gasteiger charge is -2.23. The molecule has 5 nitrogen and oxygen atoms in total. The number of para-hydroxylation sites is 1. The summed E-state index contributed by atoms with van der Waals surface area (Å²) in [5.74, 6) is -0.352. The van der Waals surface area contributed by atoms with Crippen molar-refractivity contribution >= 4 is 11.6 Å². The number of carbonyl (C=O) groups is 1. The average molecular weight is 330 g/mol. The summed E-state index contributed by atoms with van der Waals surface area (Å²) in [4.78, 5) is 16.3. The topological polar surface area (TPSA) is 41.4 Å². The van der Waals surface area contributed by atoms with Gasteiger partial charge in [-0.3, -0.25) is 14.4 Å². The summed E-state index contributed by atoms with van der Waals surface area (Å²) in [7, 11) is 3.88. The molecule has 0 bridgehead atoms. The van der Waals surface area contributed by atoms with Crippen LogP contribution < -0.4 is 4.90 Å². The number of anilines is 1. The van der Waals surface area contributed by atoms with Crippen molar-refractivity contribution < 1.29 is 9.18 Å². The van der Waals surface area contributed by atoms with E-state index in [4.69, 9.17) is 0 Å². The smallest absolute Gasteiger partial charge is 0.244 e. The normalized spacial score (nSPS) is 17.9. The molecule has 3 rings (SSSR count). The van der Waals surface area contributed by atoms with E-state index in [1.54, 1.807) is 27.8 Å². The number of aromatic nitrogens is 2. The second kappa shape index (κ2) is 7.13. The lowest BCUT2D eigenvalue weighted by atomic mass is 10.1. The van der Waals surface area contributed by atoms with Crippen LogP contribution in [0.4, 0.5) is 10.1 Å². The standard InChI is InChI=1S/C18H23FN4O/c1-21(10-5-6-14-12-20-22(2)13-14)17-9-11-23(18(17)24)16-8-4-3-7-15(16)19/h3-4,7-8,12-13,17H,5-6,9-11H2,1-2H3/t17-/m1/s1. The van der Waals surface area contributed by atoms with Gasteiger partial charge in [0.2, 0.25) is 5.91 Å². The second-order valence-corrected chi connectivity index (χ2v) is 6.35. The Morgan fingerprint density at radius 3 is 2.88 bits per heavy atom. The molecule has 1 fully saturated rings. The molecule has 1 aromatic heterocycles. The summed E-state index contributed by atoms with van der Waals surface area (Å²) in [5.41, 5.74) is 1.59. The van der Waals surface area contributed by atoms with E-state index in [-0.39, 0.29) is 17.8 Å². The zero-order valence-corrected chi connectivity index (χ0v) is 14.2. The number of halogens is 1. The van der Waals surface area contributed by atoms with Gasteiger partial charge in [-0.25, -0.2) is 4.39 Å². The first-order valence-corrected chi connectivity index (χ1v) is 8.30. The minimum Gasteiger partial charge on any atom is -0.308 e. The highest BCUT2D eigenvalue weighted by Crippen LogP contribution is 2.26. The lowest BCUT2D eigenvalue weighted by molar-refractivity contribution is -0.121. The van der Waals surface area contributed by atoms with Gasteiger partial charge in [-0.2, -0.15) is 5.10 Å². The van der Waals surface area contributed by atoms with Crippen LogP contribution in [0.2, 0.25) is 0 Å². The van der Waals surface area contributed by atoms with E-state index in [2.05, 4.69) is 10.00 Å². The Kier molecular flexibility index (Phi) is 4.94. The molecule has 1 aliphatic heterocycles. The predicted octanol–water partition coefficient (Wildman–Crippen LogP) is 2.23. The maximum atomic E-state index is 13.9. The van der Waals surface area contributed by atoms with Crippen molar-refractivity contribution in [1.82, 2.24) is 14.7 Å². The fraction of sp³-hybridized carbons (Fsp3) is 0.444. The zero-order chi connectivity index (χ0) is 17.1. The highest BCUT2D eigenvalue weighted by atomic mass is 19.1. The number of hydrogen-bond acceptors (Lipinski definition) is 3. The minimum atomic E-state index is -0.342. The molecule has 128 valence electrons. The first kappa shape index (κ1) is 16.6. The summed E-state index contributed by atoms with van der Waals surface area (Å²) < 4.78 is 15.7. The van der Waals surface area contributed by atoms with Crippen LogP contribution in [-0.2, 0) is 18.3 Å². The largest absolute Gasteiger partial charge is 0.308 e. The maximum absolute atomic E-state index is 13.9. The number of amides is 1. The fourth-order valence-corrected chi connectivity index (χ4v) is 3.27. The van der Waals surface area contributed by atoms with Crippen LogP contribution in [0.5, 0.6) is 0 Å². The van der Waals surface area contributed by atoms with Crippen molar-refractivity contribution in [2.75, 3.05) is 25.0 Å². The highest BCUT2D eigenvalue weighted by molar-refractivity contribution is 5.99. The zero-order valence-electron chi connectivity index (χ0n) is 14.2. The van der Waals surface area contributed by atoms with E-state index >= 15 is 0 Å². The molecular formula is C18H23FN4O. The predicted molar refractivity (Wildman–Crippen MR) is 91.3 cm³/mol. The summed E-state index contributed by atoms with van der Waals surface area (Å²) in [6.45, 7) is 1.40. The molecule has 24 heavy (non-hydrogen) atoms. The number of aryl methyl sites for hydroxylation is 2. The van der Waals surface area contributed by atoms with Crippen LogP contribution in [0.1, 0.15) is 18.4 Å². The van der Waals surface area contributed by atoms with Gasteiger partial charge in [0.15, 0.2) is 0 Å². The molecule has 2 aromatic rings. The number of rotatable bonds is 6. The van der Waals surface area contributed by atoms with Crippen LogP contribution in [-0.4, -0.2) is 46.8 Å². The SMILES string of the molecule is CN(CCCc1cnn(C)c1)[C@@H]1CCN(c2ccccc2F)C1=O. The van der Waals surface area contributed by atoms with Gasteiger partial charge in [-0.1, -0.05) is 12.1 Å². The van der Waals surface area contributed by atoms with E-state index in [0.29, 0.717) is 12.2 Å². The van der Waals surface area contributed by atoms with Gasteiger partial charge in [-0.15, -0.1) is 0 Å². The summed E-state index contributed by atoms with van der Waals surface area (Å²) in [6.07, 6.45) is 6.53. The third kappa shape index (κ3) is 3.48. The van der Waals surface area contributed by atoms with Gasteiger partial charge in [0.25, 0.3) is 0 Å². The molecule has 1 aromatic carbocycles. The third-order valence-electron chi connectivity index (χ3n) is 4.59. The van der Waals surface area contributed by atoms with Crippen molar-refractivity contribution in [1.29, 1.82) is 0 Å². The Balaban J connectivity index is 1.55. The van der Waals surface area contributed by atoms with Crippen molar-refractivity contribution in [3.05, 3.63) is 48.0 Å². The number of nitrogens with zero attached hydrogens (tertiary/aromatic N) is 4. The van der Waals surface area contributed by atoms with E-state index in [0.717, 1.165) is 25.8 Å². The lowest BCUT2D eigenvalue weighted by Crippen LogP contribution is -2.40. The van der Waals surface area contributed by atoms with Crippen molar-refractivity contribution in [2.24, 2.45) is 7.05 Å². The summed E-state index contributed by atoms with van der Waals surface area (Å²) in [6, 6.07) is 6.29. The van der Waals surface area contributed by atoms with Crippen LogP contribution in [0.25, 0.3) is 0 Å². The Labute approximate surface area is 141 Å². The molecule has 1 amide bonds. The molecule has 0 radical (unpaired) electrons. The van der Waals surface area contributed by atoms with E-state index < -0.39 is 0 Å². The van der Waals surface area contributed by atoms with Crippen LogP contribution in [0, 0.1) is 5.82 Å². The molecule has 6 heteroatoms. The Bertz CT molecular complexity index is 715. The fourth-order valence-electron chi connectivity index (χ4n) is 3.27. The van der Waals surface area contributed by atoms with Crippen molar-refractivity contribution in [3.8, 4) is 0 Å². The molecule has 0 unspecified atom stereocenters. The molecule has 1 atom stereocenters. The van der Waals surface area contributed by atoms with Gasteiger partial charge in [0, 0.05) is 19.8 Å². The number of carbonyl (C=O) groups excluding carboxylic acids is 1. The van der Waals surface area contributed by atoms with Crippen LogP contribution in [0.15, 0.2) is 36.7 Å². The van der Waals surface area contributed by atoms with Crippen LogP contribution in [0.3, 0.4) is 0 Å². The van der Waals surface area contributed by atoms with Gasteiger partial charge in [0.1, 0.15) is 5.82 Å². The molecule has 1 aliphatic rings. The molecular weight excluding hydrogens is 307 g/mol. The number of likely N-dealkylation sites (N-methyl/N-ethyl adjacent to an activating group) is 1. The number of benzene rings is 1. The van der Waals surface area contributed by atoms with Crippen molar-refractivity contribution in [3.63, 3.8) is 0 Å². The Morgan fingerprint density at radius 2 is 2.17 bits per heavy atom. The van der Waals surface area contributed by atoms with Gasteiger partial charge >= 0.3 is 0 Å². The Hall–Kier alpha value is -2.21. The molecule has 2 heterocycles. The van der Waals surface area contributed by atoms with E-state index in [1.807, 2.05) is 26.5 Å². The molecule has 0 N–H and O–H groups in total. The van der Waals surface area contributed by atoms with Gasteiger partial charge in [0.05, 0.1) is 17.9 Å². The van der Waals surface area contributed by atoms with Crippen molar-refractivity contribution in [2.45, 2.75) is 25.3 Å². The summed E-state index contributed by atoms with van der Waals surface area (Å²) >= 11 is 0. The van der Waals surface area contributed by atoms with Gasteiger partial charge < -0.3 is 4.90 Å². The van der Waals surface area contributed by atoms with Gasteiger partial charge in [-0.05, 0) is 50.6 Å². The molecule has 0 aliphatic carbocycles. The quantitative estimate of drug-likeness (QED) is 0.816. The molecule has 0 saturated carbocycles. The maximum Gasteiger partial charge on any atom is 0.244 e. The average Bonchev–Trinajstić information content (AvgIpc) is 3.14. The first-order chi connectivity index (χ1) is 11.6. The second-order valence-electron chi connectivity index (χ2n) is 6.35. The monoisotopic (exact) mass is 330 g/mol. The summed E-state index contributed by atoms with van der Waals surface area (Å²) in [5, 5.41) is 4.16. The van der Waals surface area contributed by atoms with E-state index in [9.17, 15) is 9.18 Å². The highest BCUT2D eigenvalue weighted by Gasteiger charge is 2.35. The van der Waals surface area contributed by atoms with Crippen LogP contribution >= 0.6 is 0 Å². The molecule has 1 saturated heterocycles. The molecule has 0 spiro atoms. The Morgan fingerprint density at radius 1 is 1.38 bits per heavy atom.